The summed E-state index contributed by atoms with van der Waals surface area (Å²) in [5.41, 5.74) is 1.25. The zero-order valence-corrected chi connectivity index (χ0v) is 12.7. The first-order chi connectivity index (χ1) is 9.81. The minimum absolute atomic E-state index is 0.0987. The van der Waals surface area contributed by atoms with Crippen LogP contribution in [0.25, 0.3) is 0 Å². The van der Waals surface area contributed by atoms with Gasteiger partial charge in [0.2, 0.25) is 0 Å². The van der Waals surface area contributed by atoms with E-state index < -0.39 is 5.97 Å². The largest absolute Gasteiger partial charge is 0.478 e. The fourth-order valence-corrected chi connectivity index (χ4v) is 2.31. The third-order valence-corrected chi connectivity index (χ3v) is 4.12. The Bertz CT molecular complexity index is 554. The Morgan fingerprint density at radius 1 is 1.38 bits per heavy atom. The number of aromatic carboxylic acids is 1. The second kappa shape index (κ2) is 5.76. The smallest absolute Gasteiger partial charge is 0.335 e. The van der Waals surface area contributed by atoms with E-state index in [9.17, 15) is 9.59 Å². The standard InChI is InChI=1S/C16H22N2O3/c1-16(2)10-13(16)17-15(21)18(3)9-8-11-6-4-5-7-12(11)14(19)20/h4-7,13H,8-10H2,1-3H3,(H,17,21)(H,19,20). The number of carboxylic acid groups (broad SMARTS) is 1. The number of amides is 2. The van der Waals surface area contributed by atoms with Gasteiger partial charge in [-0.15, -0.1) is 0 Å². The summed E-state index contributed by atoms with van der Waals surface area (Å²) in [5.74, 6) is -0.933. The van der Waals surface area contributed by atoms with Gasteiger partial charge in [-0.2, -0.15) is 0 Å². The quantitative estimate of drug-likeness (QED) is 0.874. The lowest BCUT2D eigenvalue weighted by molar-refractivity contribution is 0.0695. The summed E-state index contributed by atoms with van der Waals surface area (Å²) in [6.45, 7) is 4.74. The highest BCUT2D eigenvalue weighted by Crippen LogP contribution is 2.44. The van der Waals surface area contributed by atoms with Crippen LogP contribution in [0.4, 0.5) is 4.79 Å². The topological polar surface area (TPSA) is 69.6 Å². The first-order valence-corrected chi connectivity index (χ1v) is 7.14. The Balaban J connectivity index is 1.88. The lowest BCUT2D eigenvalue weighted by atomic mass is 10.0. The molecule has 114 valence electrons. The Morgan fingerprint density at radius 2 is 2.00 bits per heavy atom. The summed E-state index contributed by atoms with van der Waals surface area (Å²) in [4.78, 5) is 24.8. The molecular formula is C16H22N2O3. The summed E-state index contributed by atoms with van der Waals surface area (Å²) in [7, 11) is 1.73. The third kappa shape index (κ3) is 3.74. The first kappa shape index (κ1) is 15.4. The van der Waals surface area contributed by atoms with Crippen LogP contribution in [0.1, 0.15) is 36.2 Å². The van der Waals surface area contributed by atoms with Crippen LogP contribution in [0.3, 0.4) is 0 Å². The van der Waals surface area contributed by atoms with Gasteiger partial charge in [0.25, 0.3) is 0 Å². The Morgan fingerprint density at radius 3 is 2.57 bits per heavy atom. The van der Waals surface area contributed by atoms with Gasteiger partial charge in [0.15, 0.2) is 0 Å². The number of rotatable bonds is 5. The molecule has 5 heteroatoms. The van der Waals surface area contributed by atoms with E-state index in [1.165, 1.54) is 0 Å². The molecule has 1 aliphatic rings. The molecule has 2 amide bonds. The van der Waals surface area contributed by atoms with Gasteiger partial charge in [-0.1, -0.05) is 32.0 Å². The fourth-order valence-electron chi connectivity index (χ4n) is 2.31. The van der Waals surface area contributed by atoms with Crippen LogP contribution in [0, 0.1) is 5.41 Å². The first-order valence-electron chi connectivity index (χ1n) is 7.14. The second-order valence-electron chi connectivity index (χ2n) is 6.33. The Labute approximate surface area is 125 Å². The van der Waals surface area contributed by atoms with Crippen LogP contribution in [0.15, 0.2) is 24.3 Å². The van der Waals surface area contributed by atoms with Gasteiger partial charge in [0.05, 0.1) is 5.56 Å². The van der Waals surface area contributed by atoms with Crippen LogP contribution in [-0.2, 0) is 6.42 Å². The van der Waals surface area contributed by atoms with Gasteiger partial charge in [0.1, 0.15) is 0 Å². The number of nitrogens with zero attached hydrogens (tertiary/aromatic N) is 1. The summed E-state index contributed by atoms with van der Waals surface area (Å²) in [6.07, 6.45) is 1.54. The summed E-state index contributed by atoms with van der Waals surface area (Å²) in [5, 5.41) is 12.1. The van der Waals surface area contributed by atoms with Crippen molar-refractivity contribution in [3.63, 3.8) is 0 Å². The Hall–Kier alpha value is -2.04. The van der Waals surface area contributed by atoms with Crippen LogP contribution >= 0.6 is 0 Å². The van der Waals surface area contributed by atoms with Crippen molar-refractivity contribution >= 4 is 12.0 Å². The van der Waals surface area contributed by atoms with Crippen molar-refractivity contribution in [1.82, 2.24) is 10.2 Å². The molecule has 1 fully saturated rings. The van der Waals surface area contributed by atoms with E-state index in [0.29, 0.717) is 18.5 Å². The SMILES string of the molecule is CN(CCc1ccccc1C(=O)O)C(=O)NC1CC1(C)C. The molecule has 2 N–H and O–H groups in total. The molecule has 1 aromatic carbocycles. The average Bonchev–Trinajstić information content (AvgIpc) is 3.02. The summed E-state index contributed by atoms with van der Waals surface area (Å²) < 4.78 is 0. The van der Waals surface area contributed by atoms with Crippen LogP contribution in [0.5, 0.6) is 0 Å². The molecule has 1 aromatic rings. The normalized spacial score (nSPS) is 18.9. The number of nitrogens with one attached hydrogen (secondary N) is 1. The number of carbonyl (C=O) groups is 2. The van der Waals surface area contributed by atoms with E-state index in [1.54, 1.807) is 30.1 Å². The van der Waals surface area contributed by atoms with Gasteiger partial charge in [-0.05, 0) is 29.9 Å². The monoisotopic (exact) mass is 290 g/mol. The van der Waals surface area contributed by atoms with Gasteiger partial charge < -0.3 is 15.3 Å². The molecule has 1 aliphatic carbocycles. The molecule has 0 heterocycles. The maximum atomic E-state index is 12.0. The molecule has 1 unspecified atom stereocenters. The van der Waals surface area contributed by atoms with E-state index in [2.05, 4.69) is 19.2 Å². The van der Waals surface area contributed by atoms with Crippen LogP contribution < -0.4 is 5.32 Å². The zero-order valence-electron chi connectivity index (χ0n) is 12.7. The summed E-state index contributed by atoms with van der Waals surface area (Å²) >= 11 is 0. The van der Waals surface area contributed by atoms with Crippen molar-refractivity contribution in [1.29, 1.82) is 0 Å². The highest BCUT2D eigenvalue weighted by Gasteiger charge is 2.46. The molecule has 0 radical (unpaired) electrons. The van der Waals surface area contributed by atoms with E-state index in [0.717, 1.165) is 12.0 Å². The van der Waals surface area contributed by atoms with E-state index >= 15 is 0 Å². The van der Waals surface area contributed by atoms with Gasteiger partial charge in [0, 0.05) is 19.6 Å². The van der Waals surface area contributed by atoms with Crippen LogP contribution in [0.2, 0.25) is 0 Å². The van der Waals surface area contributed by atoms with Crippen molar-refractivity contribution in [2.75, 3.05) is 13.6 Å². The number of hydrogen-bond donors (Lipinski definition) is 2. The van der Waals surface area contributed by atoms with Crippen molar-refractivity contribution in [2.24, 2.45) is 5.41 Å². The number of carbonyl (C=O) groups excluding carboxylic acids is 1. The molecule has 5 nitrogen and oxygen atoms in total. The molecule has 1 atom stereocenters. The minimum atomic E-state index is -0.933. The fraction of sp³-hybridized carbons (Fsp3) is 0.500. The van der Waals surface area contributed by atoms with Gasteiger partial charge in [-0.25, -0.2) is 9.59 Å². The predicted octanol–water partition coefficient (Wildman–Crippen LogP) is 2.37. The van der Waals surface area contributed by atoms with Crippen molar-refractivity contribution in [2.45, 2.75) is 32.7 Å². The molecule has 0 saturated heterocycles. The van der Waals surface area contributed by atoms with Gasteiger partial charge in [-0.3, -0.25) is 0 Å². The summed E-state index contributed by atoms with van der Waals surface area (Å²) in [6, 6.07) is 7.05. The van der Waals surface area contributed by atoms with E-state index in [-0.39, 0.29) is 17.5 Å². The van der Waals surface area contributed by atoms with Gasteiger partial charge >= 0.3 is 12.0 Å². The second-order valence-corrected chi connectivity index (χ2v) is 6.33. The lowest BCUT2D eigenvalue weighted by Gasteiger charge is -2.19. The lowest BCUT2D eigenvalue weighted by Crippen LogP contribution is -2.40. The molecule has 0 aromatic heterocycles. The number of benzene rings is 1. The molecule has 21 heavy (non-hydrogen) atoms. The maximum Gasteiger partial charge on any atom is 0.335 e. The van der Waals surface area contributed by atoms with Crippen molar-refractivity contribution in [3.05, 3.63) is 35.4 Å². The van der Waals surface area contributed by atoms with Crippen LogP contribution in [-0.4, -0.2) is 41.6 Å². The maximum absolute atomic E-state index is 12.0. The zero-order chi connectivity index (χ0) is 15.6. The number of hydrogen-bond acceptors (Lipinski definition) is 2. The average molecular weight is 290 g/mol. The van der Waals surface area contributed by atoms with E-state index in [1.807, 2.05) is 6.07 Å². The molecule has 0 spiro atoms. The predicted molar refractivity (Wildman–Crippen MR) is 80.5 cm³/mol. The molecule has 0 aliphatic heterocycles. The van der Waals surface area contributed by atoms with Crippen molar-refractivity contribution < 1.29 is 14.7 Å². The molecule has 2 rings (SSSR count). The number of likely N-dealkylation sites (N-methyl/N-ethyl adjacent to an activating group) is 1. The molecule has 1 saturated carbocycles. The Kier molecular flexibility index (Phi) is 4.21. The molecular weight excluding hydrogens is 268 g/mol. The number of urea groups is 1. The number of carboxylic acids is 1. The van der Waals surface area contributed by atoms with E-state index in [4.69, 9.17) is 5.11 Å². The highest BCUT2D eigenvalue weighted by atomic mass is 16.4. The third-order valence-electron chi connectivity index (χ3n) is 4.12. The van der Waals surface area contributed by atoms with Crippen molar-refractivity contribution in [3.8, 4) is 0 Å². The molecule has 0 bridgehead atoms. The highest BCUT2D eigenvalue weighted by molar-refractivity contribution is 5.89. The minimum Gasteiger partial charge on any atom is -0.478 e.